The molecule has 0 amide bonds. The molecule has 2 aromatic rings. The summed E-state index contributed by atoms with van der Waals surface area (Å²) in [5, 5.41) is 3.20. The third-order valence-corrected chi connectivity index (χ3v) is 2.93. The van der Waals surface area contributed by atoms with Gasteiger partial charge in [-0.1, -0.05) is 12.1 Å². The number of aromatic amines is 1. The summed E-state index contributed by atoms with van der Waals surface area (Å²) < 4.78 is 37.1. The number of benzene rings is 1. The molecule has 0 atom stereocenters. The number of halogens is 3. The molecule has 0 spiro atoms. The molecule has 20 heavy (non-hydrogen) atoms. The van der Waals surface area contributed by atoms with Crippen LogP contribution in [0.25, 0.3) is 0 Å². The van der Waals surface area contributed by atoms with Gasteiger partial charge in [0.15, 0.2) is 0 Å². The van der Waals surface area contributed by atoms with Crippen LogP contribution in [-0.2, 0) is 19.1 Å². The fraction of sp³-hybridized carbons (Fsp3) is 0.357. The van der Waals surface area contributed by atoms with E-state index in [1.807, 2.05) is 0 Å². The van der Waals surface area contributed by atoms with Crippen molar-refractivity contribution in [2.75, 3.05) is 6.54 Å². The van der Waals surface area contributed by atoms with Crippen molar-refractivity contribution in [3.63, 3.8) is 0 Å². The van der Waals surface area contributed by atoms with Crippen LogP contribution in [0.4, 0.5) is 13.2 Å². The number of aryl methyl sites for hydroxylation is 1. The Morgan fingerprint density at radius 1 is 1.15 bits per heavy atom. The monoisotopic (exact) mass is 283 g/mol. The van der Waals surface area contributed by atoms with Crippen LogP contribution in [0.5, 0.6) is 0 Å². The highest BCUT2D eigenvalue weighted by Gasteiger charge is 2.29. The van der Waals surface area contributed by atoms with Crippen LogP contribution in [0.3, 0.4) is 0 Å². The second-order valence-corrected chi connectivity index (χ2v) is 4.51. The summed E-state index contributed by atoms with van der Waals surface area (Å²) in [5.74, 6) is 0.946. The summed E-state index contributed by atoms with van der Waals surface area (Å²) in [6.07, 6.45) is 1.01. The van der Waals surface area contributed by atoms with Crippen molar-refractivity contribution in [2.45, 2.75) is 25.6 Å². The minimum Gasteiger partial charge on any atom is -0.349 e. The number of alkyl halides is 3. The third-order valence-electron chi connectivity index (χ3n) is 2.93. The van der Waals surface area contributed by atoms with Crippen LogP contribution in [0.15, 0.2) is 36.7 Å². The van der Waals surface area contributed by atoms with Crippen LogP contribution < -0.4 is 5.32 Å². The Labute approximate surface area is 115 Å². The van der Waals surface area contributed by atoms with E-state index < -0.39 is 11.7 Å². The molecule has 0 fully saturated rings. The van der Waals surface area contributed by atoms with E-state index in [0.29, 0.717) is 6.54 Å². The fourth-order valence-electron chi connectivity index (χ4n) is 1.86. The first-order chi connectivity index (χ1) is 9.55. The molecule has 0 aliphatic rings. The van der Waals surface area contributed by atoms with Crippen molar-refractivity contribution in [3.8, 4) is 0 Å². The molecule has 1 heterocycles. The van der Waals surface area contributed by atoms with E-state index in [4.69, 9.17) is 0 Å². The molecule has 1 aromatic heterocycles. The highest BCUT2D eigenvalue weighted by molar-refractivity contribution is 5.24. The fourth-order valence-corrected chi connectivity index (χ4v) is 1.86. The number of nitrogens with one attached hydrogen (secondary N) is 2. The van der Waals surface area contributed by atoms with Gasteiger partial charge in [-0.15, -0.1) is 0 Å². The maximum atomic E-state index is 12.4. The molecule has 0 aliphatic heterocycles. The van der Waals surface area contributed by atoms with Gasteiger partial charge in [0.2, 0.25) is 0 Å². The van der Waals surface area contributed by atoms with E-state index in [-0.39, 0.29) is 0 Å². The van der Waals surface area contributed by atoms with E-state index in [2.05, 4.69) is 15.3 Å². The van der Waals surface area contributed by atoms with E-state index in [0.717, 1.165) is 42.9 Å². The zero-order valence-corrected chi connectivity index (χ0v) is 10.9. The molecule has 1 aromatic carbocycles. The number of hydrogen-bond donors (Lipinski definition) is 2. The second-order valence-electron chi connectivity index (χ2n) is 4.51. The van der Waals surface area contributed by atoms with Gasteiger partial charge in [0, 0.05) is 25.4 Å². The first kappa shape index (κ1) is 14.6. The lowest BCUT2D eigenvalue weighted by molar-refractivity contribution is -0.137. The number of nitrogens with zero attached hydrogens (tertiary/aromatic N) is 1. The van der Waals surface area contributed by atoms with Crippen LogP contribution in [0.2, 0.25) is 0 Å². The third kappa shape index (κ3) is 4.38. The maximum absolute atomic E-state index is 12.4. The standard InChI is InChI=1S/C14H16F3N3/c15-14(16,17)12-5-3-11(4-6-12)10-18-7-1-2-13-19-8-9-20-13/h3-6,8-9,18H,1-2,7,10H2,(H,19,20). The Bertz CT molecular complexity index is 503. The van der Waals surface area contributed by atoms with E-state index in [1.54, 1.807) is 12.4 Å². The lowest BCUT2D eigenvalue weighted by Crippen LogP contribution is -2.15. The summed E-state index contributed by atoms with van der Waals surface area (Å²) in [6.45, 7) is 1.36. The Hall–Kier alpha value is -1.82. The van der Waals surface area contributed by atoms with Gasteiger partial charge in [-0.25, -0.2) is 4.98 Å². The zero-order valence-electron chi connectivity index (χ0n) is 10.9. The molecular weight excluding hydrogens is 267 g/mol. The molecule has 0 saturated heterocycles. The number of H-pyrrole nitrogens is 1. The Kier molecular flexibility index (Phi) is 4.79. The average Bonchev–Trinajstić information content (AvgIpc) is 2.91. The zero-order chi connectivity index (χ0) is 14.4. The van der Waals surface area contributed by atoms with Crippen molar-refractivity contribution in [1.29, 1.82) is 0 Å². The van der Waals surface area contributed by atoms with Crippen LogP contribution >= 0.6 is 0 Å². The molecule has 0 unspecified atom stereocenters. The molecule has 2 rings (SSSR count). The van der Waals surface area contributed by atoms with Crippen molar-refractivity contribution in [2.24, 2.45) is 0 Å². The van der Waals surface area contributed by atoms with Crippen molar-refractivity contribution < 1.29 is 13.2 Å². The van der Waals surface area contributed by atoms with Crippen LogP contribution in [0, 0.1) is 0 Å². The molecule has 0 bridgehead atoms. The maximum Gasteiger partial charge on any atom is 0.416 e. The molecule has 108 valence electrons. The summed E-state index contributed by atoms with van der Waals surface area (Å²) >= 11 is 0. The molecule has 6 heteroatoms. The summed E-state index contributed by atoms with van der Waals surface area (Å²) in [5.41, 5.74) is 0.232. The van der Waals surface area contributed by atoms with Crippen LogP contribution in [-0.4, -0.2) is 16.5 Å². The Morgan fingerprint density at radius 3 is 2.50 bits per heavy atom. The number of rotatable bonds is 6. The van der Waals surface area contributed by atoms with E-state index in [9.17, 15) is 13.2 Å². The van der Waals surface area contributed by atoms with Gasteiger partial charge >= 0.3 is 6.18 Å². The molecule has 3 nitrogen and oxygen atoms in total. The average molecular weight is 283 g/mol. The van der Waals surface area contributed by atoms with Gasteiger partial charge < -0.3 is 10.3 Å². The SMILES string of the molecule is FC(F)(F)c1ccc(CNCCCc2ncc[nH]2)cc1. The minimum atomic E-state index is -4.27. The number of imidazole rings is 1. The van der Waals surface area contributed by atoms with Gasteiger partial charge in [-0.3, -0.25) is 0 Å². The minimum absolute atomic E-state index is 0.566. The largest absolute Gasteiger partial charge is 0.416 e. The predicted octanol–water partition coefficient (Wildman–Crippen LogP) is 3.15. The molecule has 2 N–H and O–H groups in total. The van der Waals surface area contributed by atoms with E-state index >= 15 is 0 Å². The van der Waals surface area contributed by atoms with Gasteiger partial charge in [0.1, 0.15) is 5.82 Å². The van der Waals surface area contributed by atoms with E-state index in [1.165, 1.54) is 12.1 Å². The van der Waals surface area contributed by atoms with Crippen LogP contribution in [0.1, 0.15) is 23.4 Å². The number of aromatic nitrogens is 2. The number of hydrogen-bond acceptors (Lipinski definition) is 2. The van der Waals surface area contributed by atoms with Gasteiger partial charge in [0.25, 0.3) is 0 Å². The van der Waals surface area contributed by atoms with Crippen molar-refractivity contribution in [3.05, 3.63) is 53.6 Å². The first-order valence-electron chi connectivity index (χ1n) is 6.41. The normalized spacial score (nSPS) is 11.8. The van der Waals surface area contributed by atoms with Gasteiger partial charge in [0.05, 0.1) is 5.56 Å². The van der Waals surface area contributed by atoms with Gasteiger partial charge in [-0.05, 0) is 30.7 Å². The lowest BCUT2D eigenvalue weighted by atomic mass is 10.1. The smallest absolute Gasteiger partial charge is 0.349 e. The predicted molar refractivity (Wildman–Crippen MR) is 70.1 cm³/mol. The molecular formula is C14H16F3N3. The Morgan fingerprint density at radius 2 is 1.90 bits per heavy atom. The highest BCUT2D eigenvalue weighted by Crippen LogP contribution is 2.28. The topological polar surface area (TPSA) is 40.7 Å². The second kappa shape index (κ2) is 6.56. The highest BCUT2D eigenvalue weighted by atomic mass is 19.4. The Balaban J connectivity index is 1.69. The van der Waals surface area contributed by atoms with Crippen molar-refractivity contribution >= 4 is 0 Å². The summed E-state index contributed by atoms with van der Waals surface area (Å²) in [6, 6.07) is 5.23. The lowest BCUT2D eigenvalue weighted by Gasteiger charge is -2.08. The molecule has 0 saturated carbocycles. The first-order valence-corrected chi connectivity index (χ1v) is 6.41. The molecule has 0 radical (unpaired) electrons. The van der Waals surface area contributed by atoms with Gasteiger partial charge in [-0.2, -0.15) is 13.2 Å². The van der Waals surface area contributed by atoms with Crippen molar-refractivity contribution in [1.82, 2.24) is 15.3 Å². The quantitative estimate of drug-likeness (QED) is 0.800. The summed E-state index contributed by atoms with van der Waals surface area (Å²) in [4.78, 5) is 7.14. The summed E-state index contributed by atoms with van der Waals surface area (Å²) in [7, 11) is 0. The molecule has 0 aliphatic carbocycles.